The lowest BCUT2D eigenvalue weighted by atomic mass is 9.95. The number of methoxy groups -OCH3 is 1. The first kappa shape index (κ1) is 25.4. The minimum Gasteiger partial charge on any atom is -0.494 e. The van der Waals surface area contributed by atoms with E-state index >= 15 is 4.39 Å². The molecular formula is C27H22F2N4O4S. The Labute approximate surface area is 219 Å². The van der Waals surface area contributed by atoms with Crippen LogP contribution >= 0.6 is 11.3 Å². The van der Waals surface area contributed by atoms with E-state index in [2.05, 4.69) is 10.0 Å². The normalized spacial score (nSPS) is 14.6. The van der Waals surface area contributed by atoms with Gasteiger partial charge in [-0.2, -0.15) is 0 Å². The van der Waals surface area contributed by atoms with Gasteiger partial charge < -0.3 is 14.0 Å². The van der Waals surface area contributed by atoms with Crippen LogP contribution in [0.5, 0.6) is 5.75 Å². The summed E-state index contributed by atoms with van der Waals surface area (Å²) in [7, 11) is 1.43. The third-order valence-electron chi connectivity index (χ3n) is 6.51. The van der Waals surface area contributed by atoms with Gasteiger partial charge >= 0.3 is 5.97 Å². The second-order valence-electron chi connectivity index (χ2n) is 8.71. The molecule has 0 fully saturated rings. The van der Waals surface area contributed by atoms with Crippen molar-refractivity contribution in [1.82, 2.24) is 4.57 Å². The van der Waals surface area contributed by atoms with E-state index in [9.17, 15) is 14.0 Å². The number of aromatic nitrogens is 1. The summed E-state index contributed by atoms with van der Waals surface area (Å²) < 4.78 is 41.0. The van der Waals surface area contributed by atoms with Crippen LogP contribution in [0.15, 0.2) is 52.5 Å². The Morgan fingerprint density at radius 2 is 2.08 bits per heavy atom. The number of thiophene rings is 1. The van der Waals surface area contributed by atoms with E-state index in [-0.39, 0.29) is 40.6 Å². The number of ether oxygens (including phenoxy) is 2. The Hall–Kier alpha value is -4.21. The van der Waals surface area contributed by atoms with Crippen LogP contribution in [-0.4, -0.2) is 24.3 Å². The molecule has 4 aromatic rings. The fourth-order valence-electron chi connectivity index (χ4n) is 4.85. The van der Waals surface area contributed by atoms with Crippen molar-refractivity contribution >= 4 is 28.2 Å². The highest BCUT2D eigenvalue weighted by molar-refractivity contribution is 7.15. The second kappa shape index (κ2) is 10.3. The topological polar surface area (TPSA) is 106 Å². The molecule has 0 spiro atoms. The highest BCUT2D eigenvalue weighted by atomic mass is 32.1. The lowest BCUT2D eigenvalue weighted by Gasteiger charge is -2.18. The zero-order valence-electron chi connectivity index (χ0n) is 20.5. The third-order valence-corrected chi connectivity index (χ3v) is 7.82. The minimum atomic E-state index is -0.888. The molecule has 0 amide bonds. The Kier molecular flexibility index (Phi) is 6.88. The van der Waals surface area contributed by atoms with Crippen LogP contribution in [0.1, 0.15) is 46.6 Å². The van der Waals surface area contributed by atoms with E-state index in [0.717, 1.165) is 46.7 Å². The van der Waals surface area contributed by atoms with E-state index in [1.807, 2.05) is 6.07 Å². The number of rotatable bonds is 6. The summed E-state index contributed by atoms with van der Waals surface area (Å²) in [5.74, 6) is -2.24. The second-order valence-corrected chi connectivity index (χ2v) is 9.80. The number of hydrogen-bond donors (Lipinski definition) is 0. The maximum absolute atomic E-state index is 15.0. The zero-order valence-corrected chi connectivity index (χ0v) is 21.3. The van der Waals surface area contributed by atoms with Gasteiger partial charge in [0.25, 0.3) is 0 Å². The average Bonchev–Trinajstić information content (AvgIpc) is 3.34. The van der Waals surface area contributed by atoms with Gasteiger partial charge in [0.05, 0.1) is 30.8 Å². The Morgan fingerprint density at radius 1 is 1.26 bits per heavy atom. The Balaban J connectivity index is 1.82. The van der Waals surface area contributed by atoms with E-state index < -0.39 is 23.0 Å². The zero-order chi connectivity index (χ0) is 27.0. The molecule has 1 atom stereocenters. The molecule has 194 valence electrons. The number of benzene rings is 2. The molecule has 1 unspecified atom stereocenters. The molecule has 0 aliphatic heterocycles. The van der Waals surface area contributed by atoms with Crippen molar-refractivity contribution in [3.05, 3.63) is 90.9 Å². The van der Waals surface area contributed by atoms with Gasteiger partial charge in [0.2, 0.25) is 5.43 Å². The summed E-state index contributed by atoms with van der Waals surface area (Å²) in [6.07, 6.45) is 3.68. The number of aryl methyl sites for hydroxylation is 1. The maximum atomic E-state index is 15.0. The van der Waals surface area contributed by atoms with Crippen molar-refractivity contribution in [3.8, 4) is 21.9 Å². The number of azide groups is 1. The van der Waals surface area contributed by atoms with Gasteiger partial charge in [-0.15, -0.1) is 11.3 Å². The van der Waals surface area contributed by atoms with Crippen LogP contribution in [0.2, 0.25) is 0 Å². The number of hydrogen-bond acceptors (Lipinski definition) is 6. The summed E-state index contributed by atoms with van der Waals surface area (Å²) in [5.41, 5.74) is 9.95. The van der Waals surface area contributed by atoms with Gasteiger partial charge in [0, 0.05) is 32.5 Å². The quantitative estimate of drug-likeness (QED) is 0.116. The number of nitrogens with zero attached hydrogens (tertiary/aromatic N) is 4. The van der Waals surface area contributed by atoms with Crippen molar-refractivity contribution < 1.29 is 23.0 Å². The molecule has 8 nitrogen and oxygen atoms in total. The molecule has 0 saturated heterocycles. The van der Waals surface area contributed by atoms with E-state index in [0.29, 0.717) is 5.56 Å². The Morgan fingerprint density at radius 3 is 2.79 bits per heavy atom. The van der Waals surface area contributed by atoms with E-state index in [4.69, 9.17) is 15.0 Å². The van der Waals surface area contributed by atoms with Crippen LogP contribution in [0.4, 0.5) is 8.78 Å². The first-order valence-electron chi connectivity index (χ1n) is 11.9. The summed E-state index contributed by atoms with van der Waals surface area (Å²) >= 11 is 1.47. The van der Waals surface area contributed by atoms with Gasteiger partial charge in [-0.3, -0.25) is 4.79 Å². The highest BCUT2D eigenvalue weighted by Crippen LogP contribution is 2.46. The first-order chi connectivity index (χ1) is 18.4. The number of esters is 1. The fraction of sp³-hybridized carbons (Fsp3) is 0.259. The third kappa shape index (κ3) is 4.29. The van der Waals surface area contributed by atoms with Crippen LogP contribution < -0.4 is 10.2 Å². The van der Waals surface area contributed by atoms with Gasteiger partial charge in [0.1, 0.15) is 22.7 Å². The first-order valence-corrected chi connectivity index (χ1v) is 12.8. The van der Waals surface area contributed by atoms with Crippen LogP contribution in [0, 0.1) is 11.6 Å². The van der Waals surface area contributed by atoms with Crippen molar-refractivity contribution in [3.63, 3.8) is 0 Å². The predicted octanol–water partition coefficient (Wildman–Crippen LogP) is 6.87. The highest BCUT2D eigenvalue weighted by Gasteiger charge is 2.26. The molecule has 38 heavy (non-hydrogen) atoms. The van der Waals surface area contributed by atoms with E-state index in [1.165, 1.54) is 35.3 Å². The SMILES string of the molecule is CCOC(=O)c1cn(-c2ccc(F)cc2F)c2c(OC)c(-c3cc4c(s3)C(N=[N+]=[N-])CCC4)ccc2c1=O. The van der Waals surface area contributed by atoms with Crippen LogP contribution in [-0.2, 0) is 11.2 Å². The minimum absolute atomic E-state index is 0.0450. The number of carbonyl (C=O) groups is 1. The monoisotopic (exact) mass is 536 g/mol. The number of carbonyl (C=O) groups excluding carboxylic acids is 1. The molecule has 5 rings (SSSR count). The van der Waals surface area contributed by atoms with Crippen molar-refractivity contribution in [2.45, 2.75) is 32.2 Å². The maximum Gasteiger partial charge on any atom is 0.343 e. The molecule has 2 heterocycles. The molecule has 1 aliphatic carbocycles. The van der Waals surface area contributed by atoms with Crippen LogP contribution in [0.3, 0.4) is 0 Å². The predicted molar refractivity (Wildman–Crippen MR) is 140 cm³/mol. The van der Waals surface area contributed by atoms with Crippen molar-refractivity contribution in [2.75, 3.05) is 13.7 Å². The van der Waals surface area contributed by atoms with Gasteiger partial charge in [-0.25, -0.2) is 13.6 Å². The molecule has 2 aromatic heterocycles. The summed E-state index contributed by atoms with van der Waals surface area (Å²) in [6.45, 7) is 1.66. The lowest BCUT2D eigenvalue weighted by Crippen LogP contribution is -2.21. The molecule has 0 N–H and O–H groups in total. The molecule has 11 heteroatoms. The lowest BCUT2D eigenvalue weighted by molar-refractivity contribution is 0.0524. The van der Waals surface area contributed by atoms with Crippen molar-refractivity contribution in [2.24, 2.45) is 5.11 Å². The molecule has 2 aromatic carbocycles. The molecular weight excluding hydrogens is 514 g/mol. The summed E-state index contributed by atoms with van der Waals surface area (Å²) in [6, 6.07) is 8.06. The number of fused-ring (bicyclic) bond motifs is 2. The van der Waals surface area contributed by atoms with Crippen molar-refractivity contribution in [1.29, 1.82) is 0 Å². The molecule has 1 aliphatic rings. The molecule has 0 radical (unpaired) electrons. The molecule has 0 bridgehead atoms. The Bertz CT molecular complexity index is 1690. The van der Waals surface area contributed by atoms with Gasteiger partial charge in [-0.05, 0) is 67.6 Å². The smallest absolute Gasteiger partial charge is 0.343 e. The van der Waals surface area contributed by atoms with Crippen LogP contribution in [0.25, 0.3) is 37.5 Å². The molecule has 0 saturated carbocycles. The standard InChI is InChI=1S/C27H22F2N4O4S/c1-3-37-27(35)18-13-33(21-10-7-15(28)12-19(21)29)23-17(24(18)34)9-8-16(25(23)36-2)22-11-14-5-4-6-20(31-32-30)26(14)38-22/h7-13,20H,3-6H2,1-2H3. The van der Waals surface area contributed by atoms with Gasteiger partial charge in [-0.1, -0.05) is 5.11 Å². The summed E-state index contributed by atoms with van der Waals surface area (Å²) in [4.78, 5) is 30.8. The summed E-state index contributed by atoms with van der Waals surface area (Å²) in [5, 5.41) is 4.05. The van der Waals surface area contributed by atoms with Gasteiger partial charge in [0.15, 0.2) is 5.75 Å². The fourth-order valence-corrected chi connectivity index (χ4v) is 6.16. The number of pyridine rings is 1. The average molecular weight is 537 g/mol. The van der Waals surface area contributed by atoms with E-state index in [1.54, 1.807) is 19.1 Å². The largest absolute Gasteiger partial charge is 0.494 e. The number of halogens is 2.